The standard InChI is InChI=1S/C29H34N2O4/c1-4-25(28(32)30-16-14-20(2)3)35-23-13-12-21-15-17-31(29(33)26-11-8-18-34-26)27(24(21)19-23)22-9-6-5-7-10-22/h5-13,18-20,25,27H,4,14-17H2,1-3H3,(H,30,32). The second-order valence-corrected chi connectivity index (χ2v) is 9.39. The number of amides is 2. The summed E-state index contributed by atoms with van der Waals surface area (Å²) < 4.78 is 11.6. The lowest BCUT2D eigenvalue weighted by Crippen LogP contribution is -2.41. The molecule has 1 aromatic heterocycles. The Morgan fingerprint density at radius 2 is 1.91 bits per heavy atom. The predicted octanol–water partition coefficient (Wildman–Crippen LogP) is 5.39. The Balaban J connectivity index is 1.62. The molecule has 2 aromatic carbocycles. The summed E-state index contributed by atoms with van der Waals surface area (Å²) in [5, 5.41) is 2.99. The third-order valence-corrected chi connectivity index (χ3v) is 6.42. The highest BCUT2D eigenvalue weighted by Crippen LogP contribution is 2.38. The molecule has 35 heavy (non-hydrogen) atoms. The van der Waals surface area contributed by atoms with Crippen LogP contribution in [0.1, 0.15) is 66.9 Å². The Labute approximate surface area is 207 Å². The number of nitrogens with one attached hydrogen (secondary N) is 1. The quantitative estimate of drug-likeness (QED) is 0.452. The number of benzene rings is 2. The summed E-state index contributed by atoms with van der Waals surface area (Å²) in [6, 6.07) is 19.1. The van der Waals surface area contributed by atoms with Gasteiger partial charge in [0.2, 0.25) is 0 Å². The second kappa shape index (κ2) is 11.3. The van der Waals surface area contributed by atoms with Crippen LogP contribution in [0.3, 0.4) is 0 Å². The Morgan fingerprint density at radius 1 is 1.11 bits per heavy atom. The molecular weight excluding hydrogens is 440 g/mol. The fourth-order valence-corrected chi connectivity index (χ4v) is 4.51. The summed E-state index contributed by atoms with van der Waals surface area (Å²) in [4.78, 5) is 27.9. The summed E-state index contributed by atoms with van der Waals surface area (Å²) in [5.41, 5.74) is 3.20. The fourth-order valence-electron chi connectivity index (χ4n) is 4.51. The molecular formula is C29H34N2O4. The van der Waals surface area contributed by atoms with Gasteiger partial charge in [0.05, 0.1) is 12.3 Å². The van der Waals surface area contributed by atoms with Gasteiger partial charge in [0.25, 0.3) is 11.8 Å². The first-order valence-electron chi connectivity index (χ1n) is 12.4. The van der Waals surface area contributed by atoms with Crippen molar-refractivity contribution in [3.63, 3.8) is 0 Å². The molecule has 1 aliphatic rings. The van der Waals surface area contributed by atoms with E-state index in [1.807, 2.05) is 54.3 Å². The van der Waals surface area contributed by atoms with E-state index in [2.05, 4.69) is 25.2 Å². The number of fused-ring (bicyclic) bond motifs is 1. The predicted molar refractivity (Wildman–Crippen MR) is 135 cm³/mol. The Morgan fingerprint density at radius 3 is 2.60 bits per heavy atom. The van der Waals surface area contributed by atoms with Crippen molar-refractivity contribution in [2.45, 2.75) is 52.2 Å². The van der Waals surface area contributed by atoms with Crippen molar-refractivity contribution in [1.82, 2.24) is 10.2 Å². The van der Waals surface area contributed by atoms with Gasteiger partial charge in [0, 0.05) is 13.1 Å². The molecule has 0 radical (unpaired) electrons. The molecule has 1 N–H and O–H groups in total. The number of rotatable bonds is 9. The van der Waals surface area contributed by atoms with E-state index in [1.165, 1.54) is 11.8 Å². The molecule has 0 saturated carbocycles. The SMILES string of the molecule is CCC(Oc1ccc2c(c1)C(c1ccccc1)N(C(=O)c1ccco1)CC2)C(=O)NCCC(C)C. The van der Waals surface area contributed by atoms with E-state index < -0.39 is 6.10 Å². The van der Waals surface area contributed by atoms with Gasteiger partial charge in [0.1, 0.15) is 5.75 Å². The summed E-state index contributed by atoms with van der Waals surface area (Å²) >= 11 is 0. The second-order valence-electron chi connectivity index (χ2n) is 9.39. The first kappa shape index (κ1) is 24.6. The van der Waals surface area contributed by atoms with Gasteiger partial charge in [-0.25, -0.2) is 0 Å². The van der Waals surface area contributed by atoms with Crippen LogP contribution in [0.25, 0.3) is 0 Å². The zero-order chi connectivity index (χ0) is 24.8. The molecule has 6 heteroatoms. The van der Waals surface area contributed by atoms with E-state index in [9.17, 15) is 9.59 Å². The van der Waals surface area contributed by atoms with Crippen molar-refractivity contribution in [3.8, 4) is 5.75 Å². The average molecular weight is 475 g/mol. The molecule has 0 fully saturated rings. The molecule has 2 amide bonds. The smallest absolute Gasteiger partial charge is 0.290 e. The summed E-state index contributed by atoms with van der Waals surface area (Å²) in [6.07, 6.45) is 3.18. The first-order chi connectivity index (χ1) is 17.0. The Bertz CT molecular complexity index is 1120. The Hall–Kier alpha value is -3.54. The van der Waals surface area contributed by atoms with Crippen molar-refractivity contribution in [1.29, 1.82) is 0 Å². The van der Waals surface area contributed by atoms with Gasteiger partial charge in [-0.05, 0) is 66.1 Å². The molecule has 2 atom stereocenters. The van der Waals surface area contributed by atoms with Crippen LogP contribution >= 0.6 is 0 Å². The van der Waals surface area contributed by atoms with E-state index >= 15 is 0 Å². The van der Waals surface area contributed by atoms with Crippen LogP contribution in [0, 0.1) is 5.92 Å². The van der Waals surface area contributed by atoms with E-state index in [0.717, 1.165) is 24.0 Å². The van der Waals surface area contributed by atoms with Crippen LogP contribution in [0.15, 0.2) is 71.3 Å². The van der Waals surface area contributed by atoms with Crippen molar-refractivity contribution in [2.75, 3.05) is 13.1 Å². The third-order valence-electron chi connectivity index (χ3n) is 6.42. The molecule has 4 rings (SSSR count). The topological polar surface area (TPSA) is 71.8 Å². The molecule has 1 aliphatic heterocycles. The molecule has 0 bridgehead atoms. The van der Waals surface area contributed by atoms with Gasteiger partial charge in [-0.3, -0.25) is 9.59 Å². The van der Waals surface area contributed by atoms with Crippen LogP contribution in [0.5, 0.6) is 5.75 Å². The van der Waals surface area contributed by atoms with Gasteiger partial charge < -0.3 is 19.4 Å². The highest BCUT2D eigenvalue weighted by molar-refractivity contribution is 5.92. The van der Waals surface area contributed by atoms with Gasteiger partial charge >= 0.3 is 0 Å². The number of furan rings is 1. The van der Waals surface area contributed by atoms with Crippen molar-refractivity contribution >= 4 is 11.8 Å². The molecule has 2 unspecified atom stereocenters. The average Bonchev–Trinajstić information content (AvgIpc) is 3.41. The van der Waals surface area contributed by atoms with E-state index in [0.29, 0.717) is 36.9 Å². The minimum atomic E-state index is -0.570. The lowest BCUT2D eigenvalue weighted by Gasteiger charge is -2.37. The monoisotopic (exact) mass is 474 g/mol. The zero-order valence-corrected chi connectivity index (χ0v) is 20.7. The molecule has 0 aliphatic carbocycles. The molecule has 2 heterocycles. The summed E-state index contributed by atoms with van der Waals surface area (Å²) in [7, 11) is 0. The number of ether oxygens (including phenoxy) is 1. The van der Waals surface area contributed by atoms with E-state index in [4.69, 9.17) is 9.15 Å². The van der Waals surface area contributed by atoms with Crippen LogP contribution in [-0.4, -0.2) is 35.9 Å². The molecule has 0 saturated heterocycles. The van der Waals surface area contributed by atoms with Gasteiger partial charge in [-0.2, -0.15) is 0 Å². The molecule has 0 spiro atoms. The summed E-state index contributed by atoms with van der Waals surface area (Å²) in [5.74, 6) is 1.24. The highest BCUT2D eigenvalue weighted by atomic mass is 16.5. The number of carbonyl (C=O) groups is 2. The maximum Gasteiger partial charge on any atom is 0.290 e. The fraction of sp³-hybridized carbons (Fsp3) is 0.379. The number of hydrogen-bond donors (Lipinski definition) is 1. The molecule has 6 nitrogen and oxygen atoms in total. The zero-order valence-electron chi connectivity index (χ0n) is 20.7. The maximum atomic E-state index is 13.3. The lowest BCUT2D eigenvalue weighted by molar-refractivity contribution is -0.128. The van der Waals surface area contributed by atoms with Crippen molar-refractivity contribution in [2.24, 2.45) is 5.92 Å². The maximum absolute atomic E-state index is 13.3. The van der Waals surface area contributed by atoms with Crippen LogP contribution < -0.4 is 10.1 Å². The molecule has 3 aromatic rings. The number of carbonyl (C=O) groups excluding carboxylic acids is 2. The van der Waals surface area contributed by atoms with Crippen LogP contribution in [0.2, 0.25) is 0 Å². The van der Waals surface area contributed by atoms with E-state index in [1.54, 1.807) is 12.1 Å². The van der Waals surface area contributed by atoms with Crippen LogP contribution in [-0.2, 0) is 11.2 Å². The van der Waals surface area contributed by atoms with Crippen LogP contribution in [0.4, 0.5) is 0 Å². The van der Waals surface area contributed by atoms with Crippen molar-refractivity contribution < 1.29 is 18.7 Å². The van der Waals surface area contributed by atoms with Gasteiger partial charge in [-0.15, -0.1) is 0 Å². The number of hydrogen-bond acceptors (Lipinski definition) is 4. The van der Waals surface area contributed by atoms with Gasteiger partial charge in [-0.1, -0.05) is 57.2 Å². The highest BCUT2D eigenvalue weighted by Gasteiger charge is 2.34. The first-order valence-corrected chi connectivity index (χ1v) is 12.4. The normalized spacial score (nSPS) is 16.0. The third kappa shape index (κ3) is 5.76. The molecule has 184 valence electrons. The minimum Gasteiger partial charge on any atom is -0.481 e. The lowest BCUT2D eigenvalue weighted by atomic mass is 9.87. The van der Waals surface area contributed by atoms with E-state index in [-0.39, 0.29) is 17.9 Å². The van der Waals surface area contributed by atoms with Gasteiger partial charge in [0.15, 0.2) is 11.9 Å². The minimum absolute atomic E-state index is 0.0971. The Kier molecular flexibility index (Phi) is 7.91. The summed E-state index contributed by atoms with van der Waals surface area (Å²) in [6.45, 7) is 7.44. The van der Waals surface area contributed by atoms with Crippen molar-refractivity contribution in [3.05, 3.63) is 89.4 Å². The largest absolute Gasteiger partial charge is 0.481 e. The number of nitrogens with zero attached hydrogens (tertiary/aromatic N) is 1.